The Morgan fingerprint density at radius 1 is 1.31 bits per heavy atom. The van der Waals surface area contributed by atoms with Crippen LogP contribution in [0.3, 0.4) is 0 Å². The van der Waals surface area contributed by atoms with Gasteiger partial charge in [0.05, 0.1) is 6.20 Å². The highest BCUT2D eigenvalue weighted by molar-refractivity contribution is 5.76. The maximum absolute atomic E-state index is 12.4. The van der Waals surface area contributed by atoms with Crippen molar-refractivity contribution in [3.63, 3.8) is 0 Å². The quantitative estimate of drug-likeness (QED) is 0.552. The van der Waals surface area contributed by atoms with E-state index >= 15 is 0 Å². The number of hydrogen-bond donors (Lipinski definition) is 3. The van der Waals surface area contributed by atoms with Gasteiger partial charge in [0.25, 0.3) is 0 Å². The zero-order valence-electron chi connectivity index (χ0n) is 16.6. The molecule has 2 aromatic heterocycles. The molecule has 150 valence electrons. The lowest BCUT2D eigenvalue weighted by molar-refractivity contribution is -0.121. The molecule has 3 aromatic rings. The van der Waals surface area contributed by atoms with E-state index in [0.29, 0.717) is 30.5 Å². The smallest absolute Gasteiger partial charge is 0.220 e. The van der Waals surface area contributed by atoms with Crippen molar-refractivity contribution in [2.45, 2.75) is 46.1 Å². The molecule has 0 saturated carbocycles. The van der Waals surface area contributed by atoms with Crippen LogP contribution in [-0.4, -0.2) is 36.8 Å². The molecule has 0 aliphatic rings. The predicted molar refractivity (Wildman–Crippen MR) is 107 cm³/mol. The summed E-state index contributed by atoms with van der Waals surface area (Å²) in [5, 5.41) is 35.3. The molecule has 0 unspecified atom stereocenters. The highest BCUT2D eigenvalue weighted by atomic mass is 16.3. The van der Waals surface area contributed by atoms with Crippen LogP contribution in [0.4, 0.5) is 0 Å². The van der Waals surface area contributed by atoms with Crippen LogP contribution < -0.4 is 5.32 Å². The van der Waals surface area contributed by atoms with E-state index in [9.17, 15) is 15.0 Å². The number of phenols is 2. The fourth-order valence-electron chi connectivity index (χ4n) is 3.44. The number of nitriles is 1. The molecule has 8 heteroatoms. The average molecular weight is 393 g/mol. The zero-order valence-corrected chi connectivity index (χ0v) is 16.6. The molecule has 0 saturated heterocycles. The first-order valence-corrected chi connectivity index (χ1v) is 9.34. The second-order valence-corrected chi connectivity index (χ2v) is 7.16. The third-order valence-electron chi connectivity index (χ3n) is 4.92. The van der Waals surface area contributed by atoms with Crippen LogP contribution in [0.2, 0.25) is 0 Å². The first-order valence-electron chi connectivity index (χ1n) is 9.34. The Morgan fingerprint density at radius 3 is 2.76 bits per heavy atom. The first-order chi connectivity index (χ1) is 13.8. The van der Waals surface area contributed by atoms with Gasteiger partial charge in [0.2, 0.25) is 5.91 Å². The number of fused-ring (bicyclic) bond motifs is 1. The minimum atomic E-state index is -0.173. The second-order valence-electron chi connectivity index (χ2n) is 7.16. The number of carbonyl (C=O) groups is 1. The fraction of sp³-hybridized carbons (Fsp3) is 0.333. The number of benzene rings is 1. The van der Waals surface area contributed by atoms with E-state index in [2.05, 4.69) is 21.5 Å². The number of amides is 1. The molecule has 3 rings (SSSR count). The highest BCUT2D eigenvalue weighted by Crippen LogP contribution is 2.25. The lowest BCUT2D eigenvalue weighted by Gasteiger charge is -2.15. The van der Waals surface area contributed by atoms with Crippen LogP contribution in [-0.2, 0) is 17.6 Å². The van der Waals surface area contributed by atoms with E-state index < -0.39 is 0 Å². The molecular formula is C21H23N5O3. The third-order valence-corrected chi connectivity index (χ3v) is 4.92. The topological polar surface area (TPSA) is 124 Å². The summed E-state index contributed by atoms with van der Waals surface area (Å²) >= 11 is 0. The second kappa shape index (κ2) is 8.19. The largest absolute Gasteiger partial charge is 0.504 e. The van der Waals surface area contributed by atoms with Crippen LogP contribution in [0.1, 0.15) is 41.4 Å². The Balaban J connectivity index is 1.63. The Bertz CT molecular complexity index is 1110. The zero-order chi connectivity index (χ0) is 21.1. The Kier molecular flexibility index (Phi) is 5.69. The van der Waals surface area contributed by atoms with Gasteiger partial charge in [0, 0.05) is 23.9 Å². The van der Waals surface area contributed by atoms with Crippen LogP contribution >= 0.6 is 0 Å². The minimum Gasteiger partial charge on any atom is -0.504 e. The number of aryl methyl sites for hydroxylation is 2. The van der Waals surface area contributed by atoms with Gasteiger partial charge in [-0.05, 0) is 56.9 Å². The fourth-order valence-corrected chi connectivity index (χ4v) is 3.44. The summed E-state index contributed by atoms with van der Waals surface area (Å²) in [6.45, 7) is 5.66. The summed E-state index contributed by atoms with van der Waals surface area (Å²) in [6, 6.07) is 6.59. The van der Waals surface area contributed by atoms with Crippen molar-refractivity contribution in [2.75, 3.05) is 0 Å². The molecule has 1 amide bonds. The molecule has 8 nitrogen and oxygen atoms in total. The van der Waals surface area contributed by atoms with Crippen molar-refractivity contribution in [1.82, 2.24) is 19.9 Å². The molecule has 0 radical (unpaired) electrons. The summed E-state index contributed by atoms with van der Waals surface area (Å²) in [7, 11) is 0. The number of nitrogens with one attached hydrogen (secondary N) is 1. The van der Waals surface area contributed by atoms with E-state index in [-0.39, 0.29) is 23.4 Å². The number of hydrogen-bond acceptors (Lipinski definition) is 6. The Hall–Kier alpha value is -3.60. The lowest BCUT2D eigenvalue weighted by atomic mass is 10.0. The summed E-state index contributed by atoms with van der Waals surface area (Å²) < 4.78 is 1.64. The van der Waals surface area contributed by atoms with Gasteiger partial charge in [-0.2, -0.15) is 10.4 Å². The van der Waals surface area contributed by atoms with Crippen LogP contribution in [0.25, 0.3) is 5.65 Å². The number of carbonyl (C=O) groups excluding carboxylic acids is 1. The van der Waals surface area contributed by atoms with Crippen LogP contribution in [0.5, 0.6) is 11.5 Å². The molecule has 2 heterocycles. The van der Waals surface area contributed by atoms with Gasteiger partial charge < -0.3 is 15.5 Å². The number of aromatic nitrogens is 3. The van der Waals surface area contributed by atoms with Crippen molar-refractivity contribution < 1.29 is 15.0 Å². The van der Waals surface area contributed by atoms with Crippen molar-refractivity contribution in [3.05, 3.63) is 52.5 Å². The molecule has 0 fully saturated rings. The Labute approximate surface area is 168 Å². The van der Waals surface area contributed by atoms with Crippen molar-refractivity contribution in [2.24, 2.45) is 0 Å². The van der Waals surface area contributed by atoms with Gasteiger partial charge in [-0.25, -0.2) is 9.50 Å². The molecular weight excluding hydrogens is 370 g/mol. The van der Waals surface area contributed by atoms with Gasteiger partial charge in [-0.15, -0.1) is 0 Å². The summed E-state index contributed by atoms with van der Waals surface area (Å²) in [6.07, 6.45) is 2.84. The van der Waals surface area contributed by atoms with Crippen molar-refractivity contribution >= 4 is 11.6 Å². The SMILES string of the molecule is Cc1nc2c(C#N)cnn2c(C)c1CCC(=O)N[C@H](C)Cc1ccc(O)c(O)c1. The normalized spacial score (nSPS) is 11.9. The van der Waals surface area contributed by atoms with E-state index in [0.717, 1.165) is 22.5 Å². The summed E-state index contributed by atoms with van der Waals surface area (Å²) in [4.78, 5) is 16.9. The van der Waals surface area contributed by atoms with E-state index in [1.807, 2.05) is 20.8 Å². The van der Waals surface area contributed by atoms with Gasteiger partial charge in [-0.3, -0.25) is 4.79 Å². The van der Waals surface area contributed by atoms with Crippen LogP contribution in [0, 0.1) is 25.2 Å². The summed E-state index contributed by atoms with van der Waals surface area (Å²) in [5.41, 5.74) is 4.37. The monoisotopic (exact) mass is 393 g/mol. The molecule has 0 bridgehead atoms. The molecule has 0 spiro atoms. The molecule has 29 heavy (non-hydrogen) atoms. The van der Waals surface area contributed by atoms with Gasteiger partial charge in [0.1, 0.15) is 11.6 Å². The number of phenolic OH excluding ortho intramolecular Hbond substituents is 2. The highest BCUT2D eigenvalue weighted by Gasteiger charge is 2.16. The lowest BCUT2D eigenvalue weighted by Crippen LogP contribution is -2.34. The van der Waals surface area contributed by atoms with Crippen molar-refractivity contribution in [1.29, 1.82) is 5.26 Å². The number of aromatic hydroxyl groups is 2. The number of nitrogens with zero attached hydrogens (tertiary/aromatic N) is 4. The maximum Gasteiger partial charge on any atom is 0.220 e. The maximum atomic E-state index is 12.4. The molecule has 0 aliphatic heterocycles. The van der Waals surface area contributed by atoms with E-state index in [1.165, 1.54) is 18.3 Å². The standard InChI is InChI=1S/C21H23N5O3/c1-12(8-15-4-6-18(27)19(28)9-15)24-20(29)7-5-17-13(2)25-21-16(10-22)11-23-26(21)14(17)3/h4,6,9,11-12,27-28H,5,7-8H2,1-3H3,(H,24,29)/t12-/m1/s1. The number of rotatable bonds is 6. The molecule has 1 atom stereocenters. The molecule has 1 aromatic carbocycles. The van der Waals surface area contributed by atoms with Crippen LogP contribution in [0.15, 0.2) is 24.4 Å². The first kappa shape index (κ1) is 20.1. The van der Waals surface area contributed by atoms with Gasteiger partial charge in [0.15, 0.2) is 17.1 Å². The van der Waals surface area contributed by atoms with Gasteiger partial charge in [-0.1, -0.05) is 6.07 Å². The van der Waals surface area contributed by atoms with E-state index in [1.54, 1.807) is 10.6 Å². The minimum absolute atomic E-state index is 0.0856. The van der Waals surface area contributed by atoms with E-state index in [4.69, 9.17) is 5.26 Å². The van der Waals surface area contributed by atoms with Crippen molar-refractivity contribution in [3.8, 4) is 17.6 Å². The summed E-state index contributed by atoms with van der Waals surface area (Å²) in [5.74, 6) is -0.425. The average Bonchev–Trinajstić information content (AvgIpc) is 3.07. The third kappa shape index (κ3) is 4.29. The molecule has 0 aliphatic carbocycles. The van der Waals surface area contributed by atoms with Gasteiger partial charge >= 0.3 is 0 Å². The molecule has 3 N–H and O–H groups in total. The Morgan fingerprint density at radius 2 is 2.07 bits per heavy atom. The predicted octanol–water partition coefficient (Wildman–Crippen LogP) is 2.31.